The number of amides is 1. The minimum atomic E-state index is -0.821. The van der Waals surface area contributed by atoms with Crippen LogP contribution in [0.1, 0.15) is 5.56 Å². The Hall–Kier alpha value is -3.20. The zero-order chi connectivity index (χ0) is 16.8. The summed E-state index contributed by atoms with van der Waals surface area (Å²) in [6, 6.07) is 11.8. The average molecular weight is 313 g/mol. The Bertz CT molecular complexity index is 810. The quantitative estimate of drug-likeness (QED) is 0.667. The van der Waals surface area contributed by atoms with Crippen molar-refractivity contribution >= 4 is 17.3 Å². The van der Waals surface area contributed by atoms with Crippen LogP contribution in [-0.4, -0.2) is 5.91 Å². The molecule has 2 aromatic rings. The molecule has 0 saturated carbocycles. The fourth-order valence-corrected chi connectivity index (χ4v) is 1.81. The Balaban J connectivity index is 2.14. The van der Waals surface area contributed by atoms with Gasteiger partial charge in [-0.1, -0.05) is 18.2 Å². The summed E-state index contributed by atoms with van der Waals surface area (Å²) in [5, 5.41) is 14.1. The van der Waals surface area contributed by atoms with Crippen molar-refractivity contribution in [1.82, 2.24) is 0 Å². The Morgan fingerprint density at radius 1 is 1.17 bits per heavy atom. The highest BCUT2D eigenvalue weighted by Gasteiger charge is 2.11. The number of hydrogen-bond acceptors (Lipinski definition) is 3. The van der Waals surface area contributed by atoms with Crippen LogP contribution in [0.15, 0.2) is 54.2 Å². The molecule has 0 spiro atoms. The molecule has 0 radical (unpaired) electrons. The summed E-state index contributed by atoms with van der Waals surface area (Å²) < 4.78 is 26.3. The zero-order valence-corrected chi connectivity index (χ0v) is 12.2. The van der Waals surface area contributed by atoms with Gasteiger partial charge in [0.25, 0.3) is 5.91 Å². The second-order valence-electron chi connectivity index (χ2n) is 4.71. The van der Waals surface area contributed by atoms with Gasteiger partial charge < -0.3 is 10.6 Å². The van der Waals surface area contributed by atoms with Crippen LogP contribution in [0.5, 0.6) is 0 Å². The number of nitriles is 1. The molecule has 116 valence electrons. The van der Waals surface area contributed by atoms with Gasteiger partial charge in [0.2, 0.25) is 0 Å². The number of benzene rings is 2. The van der Waals surface area contributed by atoms with Crippen molar-refractivity contribution in [1.29, 1.82) is 5.26 Å². The number of nitrogens with one attached hydrogen (secondary N) is 2. The maximum absolute atomic E-state index is 13.5. The third kappa shape index (κ3) is 4.14. The van der Waals surface area contributed by atoms with Crippen LogP contribution in [0.3, 0.4) is 0 Å². The topological polar surface area (TPSA) is 64.9 Å². The third-order valence-electron chi connectivity index (χ3n) is 3.06. The normalized spacial score (nSPS) is 10.8. The molecule has 0 aromatic heterocycles. The van der Waals surface area contributed by atoms with E-state index in [1.807, 2.05) is 19.1 Å². The Labute approximate surface area is 132 Å². The van der Waals surface area contributed by atoms with E-state index in [0.717, 1.165) is 17.8 Å². The smallest absolute Gasteiger partial charge is 0.267 e. The monoisotopic (exact) mass is 313 g/mol. The van der Waals surface area contributed by atoms with Gasteiger partial charge in [0.1, 0.15) is 23.3 Å². The zero-order valence-electron chi connectivity index (χ0n) is 12.2. The highest BCUT2D eigenvalue weighted by atomic mass is 19.1. The third-order valence-corrected chi connectivity index (χ3v) is 3.06. The van der Waals surface area contributed by atoms with Crippen molar-refractivity contribution in [2.24, 2.45) is 0 Å². The van der Waals surface area contributed by atoms with E-state index in [2.05, 4.69) is 10.6 Å². The van der Waals surface area contributed by atoms with Crippen LogP contribution in [0.25, 0.3) is 0 Å². The molecule has 0 bridgehead atoms. The highest BCUT2D eigenvalue weighted by Crippen LogP contribution is 2.16. The number of rotatable bonds is 4. The number of carbonyl (C=O) groups is 1. The summed E-state index contributed by atoms with van der Waals surface area (Å²) in [7, 11) is 0. The summed E-state index contributed by atoms with van der Waals surface area (Å²) >= 11 is 0. The molecule has 1 amide bonds. The molecular weight excluding hydrogens is 300 g/mol. The van der Waals surface area contributed by atoms with Gasteiger partial charge in [-0.25, -0.2) is 8.78 Å². The second kappa shape index (κ2) is 7.18. The van der Waals surface area contributed by atoms with Crippen LogP contribution >= 0.6 is 0 Å². The van der Waals surface area contributed by atoms with Gasteiger partial charge in [0.05, 0.1) is 5.69 Å². The maximum atomic E-state index is 13.5. The number of nitrogens with zero attached hydrogens (tertiary/aromatic N) is 1. The lowest BCUT2D eigenvalue weighted by Crippen LogP contribution is -2.15. The molecule has 0 unspecified atom stereocenters. The molecule has 2 N–H and O–H groups in total. The van der Waals surface area contributed by atoms with Gasteiger partial charge in [-0.2, -0.15) is 5.26 Å². The molecule has 6 heteroatoms. The fraction of sp³-hybridized carbons (Fsp3) is 0.0588. The molecule has 0 fully saturated rings. The SMILES string of the molecule is Cc1ccccc1NC(=O)/C(C#N)=C\Nc1ccc(F)cc1F. The van der Waals surface area contributed by atoms with E-state index >= 15 is 0 Å². The van der Waals surface area contributed by atoms with Crippen molar-refractivity contribution in [2.75, 3.05) is 10.6 Å². The lowest BCUT2D eigenvalue weighted by molar-refractivity contribution is -0.112. The first-order valence-corrected chi connectivity index (χ1v) is 6.70. The summed E-state index contributed by atoms with van der Waals surface area (Å²) in [5.41, 5.74) is 1.14. The lowest BCUT2D eigenvalue weighted by Gasteiger charge is -2.08. The van der Waals surface area contributed by atoms with Gasteiger partial charge in [-0.05, 0) is 30.7 Å². The number of aryl methyl sites for hydroxylation is 1. The van der Waals surface area contributed by atoms with Crippen molar-refractivity contribution in [3.63, 3.8) is 0 Å². The van der Waals surface area contributed by atoms with E-state index < -0.39 is 17.5 Å². The summed E-state index contributed by atoms with van der Waals surface area (Å²) in [5.74, 6) is -2.16. The molecule has 4 nitrogen and oxygen atoms in total. The minimum absolute atomic E-state index is 0.0390. The minimum Gasteiger partial charge on any atom is -0.358 e. The largest absolute Gasteiger partial charge is 0.358 e. The predicted molar refractivity (Wildman–Crippen MR) is 83.5 cm³/mol. The van der Waals surface area contributed by atoms with Crippen LogP contribution in [0.2, 0.25) is 0 Å². The van der Waals surface area contributed by atoms with E-state index in [1.165, 1.54) is 6.07 Å². The molecule has 0 atom stereocenters. The molecule has 0 heterocycles. The van der Waals surface area contributed by atoms with E-state index in [1.54, 1.807) is 18.2 Å². The van der Waals surface area contributed by atoms with Crippen LogP contribution in [0, 0.1) is 29.9 Å². The average Bonchev–Trinajstić information content (AvgIpc) is 2.52. The Morgan fingerprint density at radius 2 is 1.91 bits per heavy atom. The molecule has 0 saturated heterocycles. The van der Waals surface area contributed by atoms with Crippen LogP contribution < -0.4 is 10.6 Å². The number of hydrogen-bond donors (Lipinski definition) is 2. The summed E-state index contributed by atoms with van der Waals surface area (Å²) in [6.45, 7) is 1.82. The molecule has 2 aromatic carbocycles. The van der Waals surface area contributed by atoms with Crippen LogP contribution in [-0.2, 0) is 4.79 Å². The Morgan fingerprint density at radius 3 is 2.57 bits per heavy atom. The summed E-state index contributed by atoms with van der Waals surface area (Å²) in [4.78, 5) is 12.1. The van der Waals surface area contributed by atoms with Gasteiger partial charge >= 0.3 is 0 Å². The first-order valence-electron chi connectivity index (χ1n) is 6.70. The van der Waals surface area contributed by atoms with E-state index in [0.29, 0.717) is 11.8 Å². The fourth-order valence-electron chi connectivity index (χ4n) is 1.81. The lowest BCUT2D eigenvalue weighted by atomic mass is 10.2. The first kappa shape index (κ1) is 16.2. The van der Waals surface area contributed by atoms with E-state index in [-0.39, 0.29) is 11.3 Å². The van der Waals surface area contributed by atoms with Crippen molar-refractivity contribution in [3.05, 3.63) is 71.4 Å². The van der Waals surface area contributed by atoms with Gasteiger partial charge in [0, 0.05) is 18.0 Å². The van der Waals surface area contributed by atoms with Gasteiger partial charge in [-0.15, -0.1) is 0 Å². The van der Waals surface area contributed by atoms with Crippen molar-refractivity contribution < 1.29 is 13.6 Å². The number of anilines is 2. The van der Waals surface area contributed by atoms with Gasteiger partial charge in [0.15, 0.2) is 0 Å². The van der Waals surface area contributed by atoms with E-state index in [4.69, 9.17) is 5.26 Å². The molecule has 2 rings (SSSR count). The van der Waals surface area contributed by atoms with Gasteiger partial charge in [-0.3, -0.25) is 4.79 Å². The molecule has 0 aliphatic rings. The van der Waals surface area contributed by atoms with Crippen molar-refractivity contribution in [3.8, 4) is 6.07 Å². The number of para-hydroxylation sites is 1. The molecule has 0 aliphatic heterocycles. The maximum Gasteiger partial charge on any atom is 0.267 e. The highest BCUT2D eigenvalue weighted by molar-refractivity contribution is 6.07. The molecular formula is C17H13F2N3O. The standard InChI is InChI=1S/C17H13F2N3O/c1-11-4-2-3-5-15(11)22-17(23)12(9-20)10-21-16-7-6-13(18)8-14(16)19/h2-8,10,21H,1H3,(H,22,23)/b12-10-. The summed E-state index contributed by atoms with van der Waals surface area (Å²) in [6.07, 6.45) is 1.07. The Kier molecular flexibility index (Phi) is 5.05. The second-order valence-corrected chi connectivity index (χ2v) is 4.71. The first-order chi connectivity index (χ1) is 11.0. The van der Waals surface area contributed by atoms with E-state index in [9.17, 15) is 13.6 Å². The predicted octanol–water partition coefficient (Wildman–Crippen LogP) is 3.73. The van der Waals surface area contributed by atoms with Crippen LogP contribution in [0.4, 0.5) is 20.2 Å². The van der Waals surface area contributed by atoms with Crippen molar-refractivity contribution in [2.45, 2.75) is 6.92 Å². The number of halogens is 2. The number of carbonyl (C=O) groups excluding carboxylic acids is 1. The molecule has 23 heavy (non-hydrogen) atoms. The molecule has 0 aliphatic carbocycles.